The smallest absolute Gasteiger partial charge is 0.318 e. The summed E-state index contributed by atoms with van der Waals surface area (Å²) in [7, 11) is 0. The van der Waals surface area contributed by atoms with E-state index >= 15 is 0 Å². The third-order valence-corrected chi connectivity index (χ3v) is 6.43. The first-order valence-corrected chi connectivity index (χ1v) is 11.1. The molecule has 0 spiro atoms. The lowest BCUT2D eigenvalue weighted by Gasteiger charge is -2.31. The lowest BCUT2D eigenvalue weighted by Crippen LogP contribution is -2.43. The van der Waals surface area contributed by atoms with Crippen LogP contribution in [0.3, 0.4) is 0 Å². The van der Waals surface area contributed by atoms with Crippen LogP contribution < -0.4 is 5.32 Å². The van der Waals surface area contributed by atoms with Crippen LogP contribution in [0.15, 0.2) is 60.2 Å². The van der Waals surface area contributed by atoms with Crippen molar-refractivity contribution in [3.8, 4) is 11.3 Å². The van der Waals surface area contributed by atoms with Crippen LogP contribution in [0, 0.1) is 0 Å². The van der Waals surface area contributed by atoms with Crippen LogP contribution in [0.2, 0.25) is 0 Å². The molecule has 0 bridgehead atoms. The highest BCUT2D eigenvalue weighted by Crippen LogP contribution is 2.31. The van der Waals surface area contributed by atoms with Gasteiger partial charge in [-0.25, -0.2) is 9.78 Å². The number of urea groups is 1. The van der Waals surface area contributed by atoms with Crippen molar-refractivity contribution >= 4 is 17.4 Å². The minimum Gasteiger partial charge on any atom is -0.329 e. The number of carbonyl (C=O) groups excluding carboxylic acids is 1. The van der Waals surface area contributed by atoms with E-state index in [-0.39, 0.29) is 18.1 Å². The first kappa shape index (κ1) is 19.6. The van der Waals surface area contributed by atoms with Crippen LogP contribution in [0.5, 0.6) is 0 Å². The van der Waals surface area contributed by atoms with E-state index in [1.54, 1.807) is 23.7 Å². The zero-order valence-electron chi connectivity index (χ0n) is 16.6. The molecular formula is C23H26N4OS. The molecule has 150 valence electrons. The van der Waals surface area contributed by atoms with Crippen molar-refractivity contribution in [1.29, 1.82) is 0 Å². The Morgan fingerprint density at radius 2 is 1.93 bits per heavy atom. The molecule has 3 aromatic rings. The molecule has 4 rings (SSSR count). The molecule has 1 aliphatic rings. The number of hydrogen-bond acceptors (Lipinski definition) is 4. The summed E-state index contributed by atoms with van der Waals surface area (Å²) in [5, 5.41) is 6.16. The van der Waals surface area contributed by atoms with E-state index in [1.807, 2.05) is 42.2 Å². The van der Waals surface area contributed by atoms with Gasteiger partial charge in [0.15, 0.2) is 0 Å². The van der Waals surface area contributed by atoms with Crippen molar-refractivity contribution in [2.45, 2.75) is 44.7 Å². The van der Waals surface area contributed by atoms with E-state index in [1.165, 1.54) is 0 Å². The van der Waals surface area contributed by atoms with Crippen molar-refractivity contribution in [1.82, 2.24) is 20.2 Å². The van der Waals surface area contributed by atoms with E-state index < -0.39 is 0 Å². The fourth-order valence-electron chi connectivity index (χ4n) is 3.84. The molecule has 6 heteroatoms. The molecule has 0 radical (unpaired) electrons. The van der Waals surface area contributed by atoms with Gasteiger partial charge in [-0.2, -0.15) is 0 Å². The predicted octanol–water partition coefficient (Wildman–Crippen LogP) is 5.59. The topological polar surface area (TPSA) is 58.1 Å². The van der Waals surface area contributed by atoms with E-state index in [9.17, 15) is 4.79 Å². The third kappa shape index (κ3) is 4.65. The quantitative estimate of drug-likeness (QED) is 0.614. The SMILES string of the molecule is C[C@H](NC(=O)N1CCCCC[C@H]1c1ccncc1)c1nc(-c2ccccc2)cs1. The van der Waals surface area contributed by atoms with Crippen LogP contribution in [-0.4, -0.2) is 27.4 Å². The number of carbonyl (C=O) groups is 1. The molecule has 3 heterocycles. The van der Waals surface area contributed by atoms with Gasteiger partial charge in [-0.15, -0.1) is 11.3 Å². The molecule has 2 aromatic heterocycles. The molecule has 0 saturated carbocycles. The maximum atomic E-state index is 13.2. The Kier molecular flexibility index (Phi) is 6.20. The van der Waals surface area contributed by atoms with Crippen molar-refractivity contribution in [3.05, 3.63) is 70.8 Å². The molecule has 1 fully saturated rings. The Morgan fingerprint density at radius 1 is 1.14 bits per heavy atom. The molecule has 5 nitrogen and oxygen atoms in total. The fourth-order valence-corrected chi connectivity index (χ4v) is 4.68. The van der Waals surface area contributed by atoms with E-state index in [4.69, 9.17) is 4.98 Å². The number of pyridine rings is 1. The van der Waals surface area contributed by atoms with Gasteiger partial charge in [0.2, 0.25) is 0 Å². The van der Waals surface area contributed by atoms with Gasteiger partial charge in [0.05, 0.1) is 17.8 Å². The number of benzene rings is 1. The average Bonchev–Trinajstić information content (AvgIpc) is 3.13. The Bertz CT molecular complexity index is 928. The minimum atomic E-state index is -0.133. The van der Waals surface area contributed by atoms with Crippen molar-refractivity contribution in [2.24, 2.45) is 0 Å². The number of aromatic nitrogens is 2. The number of nitrogens with one attached hydrogen (secondary N) is 1. The number of rotatable bonds is 4. The summed E-state index contributed by atoms with van der Waals surface area (Å²) in [5.41, 5.74) is 3.21. The highest BCUT2D eigenvalue weighted by Gasteiger charge is 2.28. The van der Waals surface area contributed by atoms with Gasteiger partial charge in [0.1, 0.15) is 5.01 Å². The van der Waals surface area contributed by atoms with Crippen LogP contribution in [0.25, 0.3) is 11.3 Å². The second-order valence-electron chi connectivity index (χ2n) is 7.45. The first-order valence-electron chi connectivity index (χ1n) is 10.2. The average molecular weight is 407 g/mol. The Balaban J connectivity index is 1.48. The number of hydrogen-bond donors (Lipinski definition) is 1. The van der Waals surface area contributed by atoms with Crippen molar-refractivity contribution in [2.75, 3.05) is 6.54 Å². The number of thiazole rings is 1. The maximum Gasteiger partial charge on any atom is 0.318 e. The Hall–Kier alpha value is -2.73. The normalized spacial score (nSPS) is 18.1. The van der Waals surface area contributed by atoms with E-state index in [2.05, 4.69) is 27.8 Å². The molecule has 2 atom stereocenters. The van der Waals surface area contributed by atoms with Gasteiger partial charge in [0, 0.05) is 29.9 Å². The van der Waals surface area contributed by atoms with Crippen molar-refractivity contribution < 1.29 is 4.79 Å². The number of likely N-dealkylation sites (tertiary alicyclic amines) is 1. The van der Waals surface area contributed by atoms with E-state index in [0.29, 0.717) is 0 Å². The molecular weight excluding hydrogens is 380 g/mol. The van der Waals surface area contributed by atoms with Crippen molar-refractivity contribution in [3.63, 3.8) is 0 Å². The maximum absolute atomic E-state index is 13.2. The van der Waals surface area contributed by atoms with Gasteiger partial charge in [-0.3, -0.25) is 4.98 Å². The van der Waals surface area contributed by atoms with Gasteiger partial charge in [-0.1, -0.05) is 43.2 Å². The summed E-state index contributed by atoms with van der Waals surface area (Å²) in [6.07, 6.45) is 7.94. The largest absolute Gasteiger partial charge is 0.329 e. The molecule has 1 aromatic carbocycles. The van der Waals surface area contributed by atoms with Gasteiger partial charge < -0.3 is 10.2 Å². The van der Waals surface area contributed by atoms with Gasteiger partial charge >= 0.3 is 6.03 Å². The summed E-state index contributed by atoms with van der Waals surface area (Å²) in [6, 6.07) is 14.1. The Morgan fingerprint density at radius 3 is 2.72 bits per heavy atom. The summed E-state index contributed by atoms with van der Waals surface area (Å²) in [4.78, 5) is 24.0. The van der Waals surface area contributed by atoms with Gasteiger partial charge in [0.25, 0.3) is 0 Å². The van der Waals surface area contributed by atoms with Crippen LogP contribution in [0.4, 0.5) is 4.79 Å². The van der Waals surface area contributed by atoms with Gasteiger partial charge in [-0.05, 0) is 37.5 Å². The lowest BCUT2D eigenvalue weighted by atomic mass is 10.0. The molecule has 0 unspecified atom stereocenters. The molecule has 2 amide bonds. The highest BCUT2D eigenvalue weighted by atomic mass is 32.1. The number of amides is 2. The standard InChI is InChI=1S/C23H26N4OS/c1-17(22-26-20(16-29-22)18-8-4-2-5-9-18)25-23(28)27-15-7-3-6-10-21(27)19-11-13-24-14-12-19/h2,4-5,8-9,11-14,16-17,21H,3,6-7,10,15H2,1H3,(H,25,28)/t17-,21-/m0/s1. The summed E-state index contributed by atoms with van der Waals surface area (Å²) < 4.78 is 0. The summed E-state index contributed by atoms with van der Waals surface area (Å²) in [6.45, 7) is 2.78. The summed E-state index contributed by atoms with van der Waals surface area (Å²) in [5.74, 6) is 0. The van der Waals surface area contributed by atoms with Crippen LogP contribution >= 0.6 is 11.3 Å². The second-order valence-corrected chi connectivity index (χ2v) is 8.34. The second kappa shape index (κ2) is 9.18. The highest BCUT2D eigenvalue weighted by molar-refractivity contribution is 7.10. The predicted molar refractivity (Wildman–Crippen MR) is 117 cm³/mol. The van der Waals surface area contributed by atoms with E-state index in [0.717, 1.165) is 54.1 Å². The molecule has 1 aliphatic heterocycles. The van der Waals surface area contributed by atoms with Crippen LogP contribution in [0.1, 0.15) is 55.3 Å². The third-order valence-electron chi connectivity index (χ3n) is 5.41. The zero-order chi connectivity index (χ0) is 20.1. The van der Waals surface area contributed by atoms with Crippen LogP contribution in [-0.2, 0) is 0 Å². The molecule has 1 N–H and O–H groups in total. The first-order chi connectivity index (χ1) is 14.2. The monoisotopic (exact) mass is 406 g/mol. The Labute approximate surface area is 175 Å². The zero-order valence-corrected chi connectivity index (χ0v) is 17.4. The molecule has 1 saturated heterocycles. The minimum absolute atomic E-state index is 0.0160. The molecule has 29 heavy (non-hydrogen) atoms. The number of nitrogens with zero attached hydrogens (tertiary/aromatic N) is 3. The summed E-state index contributed by atoms with van der Waals surface area (Å²) >= 11 is 1.59. The fraction of sp³-hybridized carbons (Fsp3) is 0.348. The molecule has 0 aliphatic carbocycles. The lowest BCUT2D eigenvalue weighted by molar-refractivity contribution is 0.172.